The number of hydrogen-bond acceptors (Lipinski definition) is 4. The Labute approximate surface area is 114 Å². The van der Waals surface area contributed by atoms with Crippen molar-refractivity contribution in [2.45, 2.75) is 19.4 Å². The average Bonchev–Trinajstić information content (AvgIpc) is 2.36. The molecule has 0 bridgehead atoms. The zero-order valence-electron chi connectivity index (χ0n) is 12.1. The van der Waals surface area contributed by atoms with Crippen molar-refractivity contribution in [3.63, 3.8) is 0 Å². The van der Waals surface area contributed by atoms with Crippen LogP contribution in [0.2, 0.25) is 0 Å². The molecule has 0 radical (unpaired) electrons. The van der Waals surface area contributed by atoms with Gasteiger partial charge in [0.15, 0.2) is 0 Å². The molecule has 0 saturated carbocycles. The van der Waals surface area contributed by atoms with Crippen LogP contribution in [0.15, 0.2) is 30.3 Å². The number of rotatable bonds is 4. The van der Waals surface area contributed by atoms with Crippen molar-refractivity contribution in [2.75, 3.05) is 31.7 Å². The lowest BCUT2D eigenvalue weighted by molar-refractivity contribution is 0.210. The van der Waals surface area contributed by atoms with Gasteiger partial charge < -0.3 is 16.0 Å². The highest BCUT2D eigenvalue weighted by atomic mass is 15.2. The summed E-state index contributed by atoms with van der Waals surface area (Å²) in [6.45, 7) is 5.23. The summed E-state index contributed by atoms with van der Waals surface area (Å²) in [5, 5.41) is 4.46. The normalized spacial score (nSPS) is 12.1. The van der Waals surface area contributed by atoms with Crippen LogP contribution in [0.3, 0.4) is 0 Å². The van der Waals surface area contributed by atoms with Gasteiger partial charge in [0.05, 0.1) is 5.52 Å². The molecular weight excluding hydrogens is 236 g/mol. The van der Waals surface area contributed by atoms with Crippen LogP contribution in [0.25, 0.3) is 10.9 Å². The van der Waals surface area contributed by atoms with E-state index in [1.165, 1.54) is 0 Å². The third-order valence-electron chi connectivity index (χ3n) is 3.63. The number of benzene rings is 1. The standard InChI is InChI=1S/C15H22N4/c1-15(2,19(3)4)10-17-14-8-5-11-9-12(16)6-7-13(11)18-14/h5-9H,10,16H2,1-4H3,(H,17,18). The van der Waals surface area contributed by atoms with Gasteiger partial charge in [0, 0.05) is 23.2 Å². The number of nitrogens with two attached hydrogens (primary N) is 1. The smallest absolute Gasteiger partial charge is 0.126 e. The Morgan fingerprint density at radius 3 is 2.63 bits per heavy atom. The lowest BCUT2D eigenvalue weighted by Crippen LogP contribution is -2.44. The predicted molar refractivity (Wildman–Crippen MR) is 82.4 cm³/mol. The SMILES string of the molecule is CN(C)C(C)(C)CNc1ccc2cc(N)ccc2n1. The van der Waals surface area contributed by atoms with Crippen LogP contribution < -0.4 is 11.1 Å². The van der Waals surface area contributed by atoms with E-state index in [9.17, 15) is 0 Å². The van der Waals surface area contributed by atoms with E-state index in [2.05, 4.69) is 43.1 Å². The van der Waals surface area contributed by atoms with E-state index in [1.54, 1.807) is 0 Å². The molecule has 0 fully saturated rings. The maximum atomic E-state index is 5.76. The summed E-state index contributed by atoms with van der Waals surface area (Å²) in [7, 11) is 4.16. The summed E-state index contributed by atoms with van der Waals surface area (Å²) >= 11 is 0. The molecule has 2 rings (SSSR count). The van der Waals surface area contributed by atoms with Gasteiger partial charge in [-0.1, -0.05) is 0 Å². The molecule has 0 aliphatic carbocycles. The first-order chi connectivity index (χ1) is 8.88. The number of nitrogen functional groups attached to an aromatic ring is 1. The van der Waals surface area contributed by atoms with Crippen molar-refractivity contribution >= 4 is 22.4 Å². The zero-order valence-corrected chi connectivity index (χ0v) is 12.1. The number of pyridine rings is 1. The second kappa shape index (κ2) is 5.05. The molecule has 0 amide bonds. The van der Waals surface area contributed by atoms with Gasteiger partial charge in [-0.15, -0.1) is 0 Å². The predicted octanol–water partition coefficient (Wildman–Crippen LogP) is 2.57. The van der Waals surface area contributed by atoms with Gasteiger partial charge in [-0.3, -0.25) is 0 Å². The van der Waals surface area contributed by atoms with Crippen LogP contribution in [0.1, 0.15) is 13.8 Å². The highest BCUT2D eigenvalue weighted by molar-refractivity contribution is 5.83. The van der Waals surface area contributed by atoms with E-state index in [1.807, 2.05) is 30.3 Å². The number of anilines is 2. The Bertz CT molecular complexity index is 575. The minimum Gasteiger partial charge on any atom is -0.399 e. The van der Waals surface area contributed by atoms with E-state index in [0.29, 0.717) is 0 Å². The van der Waals surface area contributed by atoms with Gasteiger partial charge in [-0.25, -0.2) is 4.98 Å². The molecule has 1 heterocycles. The quantitative estimate of drug-likeness (QED) is 0.828. The second-order valence-electron chi connectivity index (χ2n) is 5.71. The topological polar surface area (TPSA) is 54.2 Å². The molecule has 2 aromatic rings. The summed E-state index contributed by atoms with van der Waals surface area (Å²) in [6.07, 6.45) is 0. The maximum absolute atomic E-state index is 5.76. The van der Waals surface area contributed by atoms with Crippen LogP contribution in [0, 0.1) is 0 Å². The average molecular weight is 258 g/mol. The van der Waals surface area contributed by atoms with Gasteiger partial charge in [0.2, 0.25) is 0 Å². The minimum absolute atomic E-state index is 0.0811. The lowest BCUT2D eigenvalue weighted by atomic mass is 10.0. The molecule has 102 valence electrons. The van der Waals surface area contributed by atoms with Crippen molar-refractivity contribution < 1.29 is 0 Å². The molecule has 4 heteroatoms. The summed E-state index contributed by atoms with van der Waals surface area (Å²) in [5.74, 6) is 0.896. The fourth-order valence-corrected chi connectivity index (χ4v) is 1.71. The molecule has 1 aromatic heterocycles. The number of aromatic nitrogens is 1. The largest absolute Gasteiger partial charge is 0.399 e. The van der Waals surface area contributed by atoms with E-state index < -0.39 is 0 Å². The molecule has 0 saturated heterocycles. The maximum Gasteiger partial charge on any atom is 0.126 e. The van der Waals surface area contributed by atoms with Crippen LogP contribution in [0.5, 0.6) is 0 Å². The highest BCUT2D eigenvalue weighted by Gasteiger charge is 2.19. The first-order valence-corrected chi connectivity index (χ1v) is 6.46. The van der Waals surface area contributed by atoms with Crippen molar-refractivity contribution in [2.24, 2.45) is 0 Å². The number of nitrogens with zero attached hydrogens (tertiary/aromatic N) is 2. The Kier molecular flexibility index (Phi) is 3.62. The van der Waals surface area contributed by atoms with Gasteiger partial charge in [0.1, 0.15) is 5.82 Å². The summed E-state index contributed by atoms with van der Waals surface area (Å²) in [6, 6.07) is 9.81. The fourth-order valence-electron chi connectivity index (χ4n) is 1.71. The van der Waals surface area contributed by atoms with Crippen LogP contribution in [0.4, 0.5) is 11.5 Å². The monoisotopic (exact) mass is 258 g/mol. The third-order valence-corrected chi connectivity index (χ3v) is 3.63. The molecule has 4 nitrogen and oxygen atoms in total. The Morgan fingerprint density at radius 1 is 1.21 bits per heavy atom. The van der Waals surface area contributed by atoms with Crippen LogP contribution >= 0.6 is 0 Å². The summed E-state index contributed by atoms with van der Waals surface area (Å²) in [4.78, 5) is 6.79. The van der Waals surface area contributed by atoms with Gasteiger partial charge in [-0.2, -0.15) is 0 Å². The molecule has 0 spiro atoms. The summed E-state index contributed by atoms with van der Waals surface area (Å²) in [5.41, 5.74) is 7.57. The Hall–Kier alpha value is -1.81. The van der Waals surface area contributed by atoms with Crippen molar-refractivity contribution in [1.29, 1.82) is 0 Å². The molecule has 0 atom stereocenters. The molecule has 3 N–H and O–H groups in total. The van der Waals surface area contributed by atoms with Crippen LogP contribution in [-0.2, 0) is 0 Å². The third kappa shape index (κ3) is 3.15. The van der Waals surface area contributed by atoms with E-state index in [4.69, 9.17) is 5.73 Å². The van der Waals surface area contributed by atoms with E-state index >= 15 is 0 Å². The number of hydrogen-bond donors (Lipinski definition) is 2. The lowest BCUT2D eigenvalue weighted by Gasteiger charge is -2.32. The molecule has 0 aliphatic heterocycles. The summed E-state index contributed by atoms with van der Waals surface area (Å²) < 4.78 is 0. The van der Waals surface area contributed by atoms with Gasteiger partial charge in [0.25, 0.3) is 0 Å². The highest BCUT2D eigenvalue weighted by Crippen LogP contribution is 2.19. The van der Waals surface area contributed by atoms with Gasteiger partial charge in [-0.05, 0) is 58.3 Å². The first kappa shape index (κ1) is 13.6. The molecule has 0 aliphatic rings. The molecule has 0 unspecified atom stereocenters. The van der Waals surface area contributed by atoms with E-state index in [-0.39, 0.29) is 5.54 Å². The number of nitrogens with one attached hydrogen (secondary N) is 1. The second-order valence-corrected chi connectivity index (χ2v) is 5.71. The van der Waals surface area contributed by atoms with E-state index in [0.717, 1.165) is 29.0 Å². The molecule has 1 aromatic carbocycles. The number of fused-ring (bicyclic) bond motifs is 1. The Morgan fingerprint density at radius 2 is 1.95 bits per heavy atom. The first-order valence-electron chi connectivity index (χ1n) is 6.46. The van der Waals surface area contributed by atoms with Crippen molar-refractivity contribution in [3.05, 3.63) is 30.3 Å². The van der Waals surface area contributed by atoms with Crippen molar-refractivity contribution in [3.8, 4) is 0 Å². The zero-order chi connectivity index (χ0) is 14.0. The molecular formula is C15H22N4. The Balaban J connectivity index is 2.16. The number of likely N-dealkylation sites (N-methyl/N-ethyl adjacent to an activating group) is 1. The van der Waals surface area contributed by atoms with Crippen molar-refractivity contribution in [1.82, 2.24) is 9.88 Å². The van der Waals surface area contributed by atoms with Gasteiger partial charge >= 0.3 is 0 Å². The fraction of sp³-hybridized carbons (Fsp3) is 0.400. The van der Waals surface area contributed by atoms with Crippen LogP contribution in [-0.4, -0.2) is 36.1 Å². The molecule has 19 heavy (non-hydrogen) atoms. The minimum atomic E-state index is 0.0811.